The number of aryl methyl sites for hydroxylation is 1. The number of anilines is 1. The van der Waals surface area contributed by atoms with Gasteiger partial charge >= 0.3 is 0 Å². The molecule has 2 N–H and O–H groups in total. The highest BCUT2D eigenvalue weighted by Gasteiger charge is 2.10. The van der Waals surface area contributed by atoms with Gasteiger partial charge in [-0.3, -0.25) is 0 Å². The fourth-order valence-electron chi connectivity index (χ4n) is 1.61. The SMILES string of the molecule is CCCc1nc(N)c(C)c(Oc2ccc(I)cc2)n1. The van der Waals surface area contributed by atoms with Gasteiger partial charge in [-0.25, -0.2) is 4.98 Å². The van der Waals surface area contributed by atoms with Crippen LogP contribution < -0.4 is 10.5 Å². The number of benzene rings is 1. The van der Waals surface area contributed by atoms with Gasteiger partial charge < -0.3 is 10.5 Å². The van der Waals surface area contributed by atoms with Crippen molar-refractivity contribution in [2.75, 3.05) is 5.73 Å². The Bertz CT molecular complexity index is 570. The zero-order valence-corrected chi connectivity index (χ0v) is 13.1. The monoisotopic (exact) mass is 369 g/mol. The lowest BCUT2D eigenvalue weighted by Gasteiger charge is -2.10. The van der Waals surface area contributed by atoms with E-state index in [0.717, 1.165) is 33.5 Å². The van der Waals surface area contributed by atoms with E-state index in [1.54, 1.807) is 0 Å². The van der Waals surface area contributed by atoms with E-state index in [2.05, 4.69) is 39.5 Å². The van der Waals surface area contributed by atoms with E-state index in [0.29, 0.717) is 11.7 Å². The Hall–Kier alpha value is -1.37. The number of ether oxygens (including phenoxy) is 1. The zero-order valence-electron chi connectivity index (χ0n) is 11.0. The minimum absolute atomic E-state index is 0.485. The van der Waals surface area contributed by atoms with Crippen LogP contribution in [-0.4, -0.2) is 9.97 Å². The average Bonchev–Trinajstić information content (AvgIpc) is 2.38. The smallest absolute Gasteiger partial charge is 0.227 e. The summed E-state index contributed by atoms with van der Waals surface area (Å²) in [6, 6.07) is 7.81. The minimum Gasteiger partial charge on any atom is -0.439 e. The summed E-state index contributed by atoms with van der Waals surface area (Å²) < 4.78 is 6.96. The molecule has 0 aliphatic carbocycles. The molecular formula is C14H16IN3O. The lowest BCUT2D eigenvalue weighted by molar-refractivity contribution is 0.454. The third-order valence-corrected chi connectivity index (χ3v) is 3.41. The van der Waals surface area contributed by atoms with Crippen molar-refractivity contribution in [3.05, 3.63) is 39.2 Å². The van der Waals surface area contributed by atoms with Crippen molar-refractivity contribution in [2.24, 2.45) is 0 Å². The Kier molecular flexibility index (Phi) is 4.57. The normalized spacial score (nSPS) is 10.5. The lowest BCUT2D eigenvalue weighted by Crippen LogP contribution is -2.04. The molecule has 0 unspecified atom stereocenters. The summed E-state index contributed by atoms with van der Waals surface area (Å²) in [5.41, 5.74) is 6.67. The molecule has 0 amide bonds. The number of rotatable bonds is 4. The summed E-state index contributed by atoms with van der Waals surface area (Å²) in [4.78, 5) is 8.69. The van der Waals surface area contributed by atoms with Crippen molar-refractivity contribution in [1.29, 1.82) is 0 Å². The number of nitrogen functional groups attached to an aromatic ring is 1. The Balaban J connectivity index is 2.30. The first-order valence-electron chi connectivity index (χ1n) is 6.16. The van der Waals surface area contributed by atoms with Crippen molar-refractivity contribution in [3.63, 3.8) is 0 Å². The molecule has 1 heterocycles. The zero-order chi connectivity index (χ0) is 13.8. The van der Waals surface area contributed by atoms with Gasteiger partial charge in [-0.05, 0) is 60.2 Å². The van der Waals surface area contributed by atoms with Gasteiger partial charge in [0.05, 0.1) is 5.56 Å². The van der Waals surface area contributed by atoms with Crippen molar-refractivity contribution in [2.45, 2.75) is 26.7 Å². The molecule has 0 atom stereocenters. The van der Waals surface area contributed by atoms with Crippen LogP contribution in [-0.2, 0) is 6.42 Å². The highest BCUT2D eigenvalue weighted by molar-refractivity contribution is 14.1. The molecule has 0 bridgehead atoms. The maximum Gasteiger partial charge on any atom is 0.227 e. The Morgan fingerprint density at radius 2 is 1.89 bits per heavy atom. The van der Waals surface area contributed by atoms with Gasteiger partial charge in [0.1, 0.15) is 17.4 Å². The first-order chi connectivity index (χ1) is 9.10. The molecule has 0 saturated heterocycles. The molecule has 0 aliphatic rings. The topological polar surface area (TPSA) is 61.0 Å². The summed E-state index contributed by atoms with van der Waals surface area (Å²) in [5.74, 6) is 2.51. The number of nitrogens with two attached hydrogens (primary N) is 1. The summed E-state index contributed by atoms with van der Waals surface area (Å²) in [7, 11) is 0. The molecule has 0 radical (unpaired) electrons. The van der Waals surface area contributed by atoms with Gasteiger partial charge in [0, 0.05) is 9.99 Å². The van der Waals surface area contributed by atoms with Crippen LogP contribution in [0.4, 0.5) is 5.82 Å². The Morgan fingerprint density at radius 1 is 1.21 bits per heavy atom. The largest absolute Gasteiger partial charge is 0.439 e. The van der Waals surface area contributed by atoms with E-state index >= 15 is 0 Å². The van der Waals surface area contributed by atoms with Gasteiger partial charge in [-0.15, -0.1) is 0 Å². The van der Waals surface area contributed by atoms with Crippen molar-refractivity contribution < 1.29 is 4.74 Å². The van der Waals surface area contributed by atoms with Crippen LogP contribution in [0.1, 0.15) is 24.7 Å². The number of halogens is 1. The second-order valence-electron chi connectivity index (χ2n) is 4.26. The summed E-state index contributed by atoms with van der Waals surface area (Å²) in [6.45, 7) is 3.95. The van der Waals surface area contributed by atoms with Crippen LogP contribution in [0.25, 0.3) is 0 Å². The summed E-state index contributed by atoms with van der Waals surface area (Å²) >= 11 is 2.25. The van der Waals surface area contributed by atoms with Gasteiger partial charge in [-0.1, -0.05) is 6.92 Å². The second kappa shape index (κ2) is 6.18. The molecule has 2 aromatic rings. The maximum atomic E-state index is 5.90. The number of hydrogen-bond donors (Lipinski definition) is 1. The number of nitrogens with zero attached hydrogens (tertiary/aromatic N) is 2. The van der Waals surface area contributed by atoms with Crippen LogP contribution in [0.15, 0.2) is 24.3 Å². The molecule has 5 heteroatoms. The van der Waals surface area contributed by atoms with Crippen LogP contribution >= 0.6 is 22.6 Å². The minimum atomic E-state index is 0.485. The molecule has 1 aromatic heterocycles. The molecule has 0 saturated carbocycles. The predicted octanol–water partition coefficient (Wildman–Crippen LogP) is 3.72. The molecule has 100 valence electrons. The molecule has 0 spiro atoms. The molecule has 4 nitrogen and oxygen atoms in total. The van der Waals surface area contributed by atoms with E-state index in [1.165, 1.54) is 0 Å². The molecular weight excluding hydrogens is 353 g/mol. The molecule has 2 rings (SSSR count). The fourth-order valence-corrected chi connectivity index (χ4v) is 1.97. The quantitative estimate of drug-likeness (QED) is 0.835. The third kappa shape index (κ3) is 3.56. The van der Waals surface area contributed by atoms with E-state index in [4.69, 9.17) is 10.5 Å². The molecule has 1 aromatic carbocycles. The lowest BCUT2D eigenvalue weighted by atomic mass is 10.3. The number of aromatic nitrogens is 2. The first-order valence-corrected chi connectivity index (χ1v) is 7.24. The first kappa shape index (κ1) is 14.0. The summed E-state index contributed by atoms with van der Waals surface area (Å²) in [6.07, 6.45) is 1.78. The van der Waals surface area contributed by atoms with E-state index in [1.807, 2.05) is 31.2 Å². The Morgan fingerprint density at radius 3 is 2.53 bits per heavy atom. The predicted molar refractivity (Wildman–Crippen MR) is 84.4 cm³/mol. The highest BCUT2D eigenvalue weighted by Crippen LogP contribution is 2.26. The van der Waals surface area contributed by atoms with Gasteiger partial charge in [-0.2, -0.15) is 4.98 Å². The van der Waals surface area contributed by atoms with Crippen LogP contribution in [0.3, 0.4) is 0 Å². The van der Waals surface area contributed by atoms with E-state index < -0.39 is 0 Å². The molecule has 19 heavy (non-hydrogen) atoms. The fraction of sp³-hybridized carbons (Fsp3) is 0.286. The van der Waals surface area contributed by atoms with E-state index in [-0.39, 0.29) is 0 Å². The third-order valence-electron chi connectivity index (χ3n) is 2.69. The Labute approximate surface area is 126 Å². The maximum absolute atomic E-state index is 5.90. The highest BCUT2D eigenvalue weighted by atomic mass is 127. The molecule has 0 fully saturated rings. The molecule has 0 aliphatic heterocycles. The average molecular weight is 369 g/mol. The second-order valence-corrected chi connectivity index (χ2v) is 5.51. The van der Waals surface area contributed by atoms with Crippen LogP contribution in [0.2, 0.25) is 0 Å². The van der Waals surface area contributed by atoms with Crippen LogP contribution in [0, 0.1) is 10.5 Å². The van der Waals surface area contributed by atoms with Crippen molar-refractivity contribution in [1.82, 2.24) is 9.97 Å². The van der Waals surface area contributed by atoms with Gasteiger partial charge in [0.25, 0.3) is 0 Å². The van der Waals surface area contributed by atoms with Gasteiger partial charge in [0.15, 0.2) is 0 Å². The van der Waals surface area contributed by atoms with Crippen LogP contribution in [0.5, 0.6) is 11.6 Å². The van der Waals surface area contributed by atoms with Crippen molar-refractivity contribution >= 4 is 28.4 Å². The van der Waals surface area contributed by atoms with Gasteiger partial charge in [0.2, 0.25) is 5.88 Å². The summed E-state index contributed by atoms with van der Waals surface area (Å²) in [5, 5.41) is 0. The van der Waals surface area contributed by atoms with E-state index in [9.17, 15) is 0 Å². The van der Waals surface area contributed by atoms with Crippen molar-refractivity contribution in [3.8, 4) is 11.6 Å². The number of hydrogen-bond acceptors (Lipinski definition) is 4. The standard InChI is InChI=1S/C14H16IN3O/c1-3-4-12-17-13(16)9(2)14(18-12)19-11-7-5-10(15)6-8-11/h5-8H,3-4H2,1-2H3,(H2,16,17,18).